The highest BCUT2D eigenvalue weighted by Gasteiger charge is 2.41. The SMILES string of the molecule is O=C1CCCCCCCC[C@@H]2C[C@H]12. The summed E-state index contributed by atoms with van der Waals surface area (Å²) in [4.78, 5) is 11.6. The highest BCUT2D eigenvalue weighted by atomic mass is 16.1. The topological polar surface area (TPSA) is 17.1 Å². The van der Waals surface area contributed by atoms with E-state index in [9.17, 15) is 4.79 Å². The van der Waals surface area contributed by atoms with Crippen LogP contribution in [-0.2, 0) is 4.79 Å². The zero-order chi connectivity index (χ0) is 9.10. The maximum Gasteiger partial charge on any atom is 0.136 e. The van der Waals surface area contributed by atoms with Crippen LogP contribution in [0.3, 0.4) is 0 Å². The van der Waals surface area contributed by atoms with Crippen molar-refractivity contribution in [2.24, 2.45) is 11.8 Å². The van der Waals surface area contributed by atoms with E-state index >= 15 is 0 Å². The van der Waals surface area contributed by atoms with E-state index in [0.29, 0.717) is 11.7 Å². The van der Waals surface area contributed by atoms with Crippen molar-refractivity contribution in [2.75, 3.05) is 0 Å². The normalized spacial score (nSPS) is 36.2. The van der Waals surface area contributed by atoms with E-state index in [2.05, 4.69) is 0 Å². The summed E-state index contributed by atoms with van der Waals surface area (Å²) in [5.74, 6) is 1.87. The number of carbonyl (C=O) groups excluding carboxylic acids is 1. The van der Waals surface area contributed by atoms with Crippen LogP contribution in [0.25, 0.3) is 0 Å². The first-order valence-corrected chi connectivity index (χ1v) is 5.90. The Labute approximate surface area is 80.9 Å². The Bertz CT molecular complexity index is 186. The Morgan fingerprint density at radius 1 is 0.923 bits per heavy atom. The van der Waals surface area contributed by atoms with Crippen LogP contribution in [0, 0.1) is 11.8 Å². The second kappa shape index (κ2) is 4.26. The molecule has 0 aromatic rings. The Balaban J connectivity index is 1.81. The molecule has 0 spiro atoms. The van der Waals surface area contributed by atoms with Crippen molar-refractivity contribution >= 4 is 5.78 Å². The summed E-state index contributed by atoms with van der Waals surface area (Å²) in [5.41, 5.74) is 0. The minimum atomic E-state index is 0.498. The van der Waals surface area contributed by atoms with Gasteiger partial charge < -0.3 is 0 Å². The predicted molar refractivity (Wildman–Crippen MR) is 53.5 cm³/mol. The van der Waals surface area contributed by atoms with E-state index in [1.165, 1.54) is 44.9 Å². The molecule has 0 heterocycles. The molecule has 1 heteroatoms. The largest absolute Gasteiger partial charge is 0.299 e. The van der Waals surface area contributed by atoms with Gasteiger partial charge in [0.15, 0.2) is 0 Å². The molecule has 0 aromatic carbocycles. The van der Waals surface area contributed by atoms with E-state index in [4.69, 9.17) is 0 Å². The third-order valence-electron chi connectivity index (χ3n) is 3.58. The monoisotopic (exact) mass is 180 g/mol. The fourth-order valence-corrected chi connectivity index (χ4v) is 2.56. The van der Waals surface area contributed by atoms with Crippen molar-refractivity contribution in [3.8, 4) is 0 Å². The Morgan fingerprint density at radius 3 is 2.46 bits per heavy atom. The Hall–Kier alpha value is -0.330. The van der Waals surface area contributed by atoms with Gasteiger partial charge in [0.25, 0.3) is 0 Å². The van der Waals surface area contributed by atoms with Gasteiger partial charge in [0.05, 0.1) is 0 Å². The number of ketones is 1. The summed E-state index contributed by atoms with van der Waals surface area (Å²) in [6.07, 6.45) is 11.4. The number of rotatable bonds is 0. The van der Waals surface area contributed by atoms with Gasteiger partial charge in [-0.05, 0) is 25.2 Å². The number of carbonyl (C=O) groups is 1. The summed E-state index contributed by atoms with van der Waals surface area (Å²) in [6.45, 7) is 0. The fourth-order valence-electron chi connectivity index (χ4n) is 2.56. The van der Waals surface area contributed by atoms with Gasteiger partial charge in [-0.3, -0.25) is 4.79 Å². The van der Waals surface area contributed by atoms with Crippen molar-refractivity contribution in [1.29, 1.82) is 0 Å². The zero-order valence-electron chi connectivity index (χ0n) is 8.43. The van der Waals surface area contributed by atoms with Crippen LogP contribution in [0.4, 0.5) is 0 Å². The molecule has 13 heavy (non-hydrogen) atoms. The molecule has 2 aliphatic rings. The molecular formula is C12H20O. The van der Waals surface area contributed by atoms with E-state index in [1.54, 1.807) is 0 Å². The molecule has 0 saturated heterocycles. The molecule has 2 fully saturated rings. The molecule has 0 aromatic heterocycles. The zero-order valence-corrected chi connectivity index (χ0v) is 8.43. The van der Waals surface area contributed by atoms with Crippen LogP contribution in [0.15, 0.2) is 0 Å². The summed E-state index contributed by atoms with van der Waals surface area (Å²) in [7, 11) is 0. The number of Topliss-reactive ketones (excluding diaryl/α,β-unsaturated/α-hetero) is 1. The summed E-state index contributed by atoms with van der Waals surface area (Å²) < 4.78 is 0. The molecular weight excluding hydrogens is 160 g/mol. The van der Waals surface area contributed by atoms with E-state index in [0.717, 1.165) is 18.8 Å². The average Bonchev–Trinajstić information content (AvgIpc) is 2.87. The fraction of sp³-hybridized carbons (Fsp3) is 0.917. The molecule has 0 aliphatic heterocycles. The van der Waals surface area contributed by atoms with Crippen molar-refractivity contribution in [3.63, 3.8) is 0 Å². The third-order valence-corrected chi connectivity index (χ3v) is 3.58. The van der Waals surface area contributed by atoms with Crippen molar-refractivity contribution in [2.45, 2.75) is 57.8 Å². The van der Waals surface area contributed by atoms with Gasteiger partial charge in [-0.25, -0.2) is 0 Å². The van der Waals surface area contributed by atoms with Gasteiger partial charge in [0, 0.05) is 12.3 Å². The molecule has 2 rings (SSSR count). The molecule has 1 nitrogen and oxygen atoms in total. The van der Waals surface area contributed by atoms with Crippen LogP contribution in [0.5, 0.6) is 0 Å². The lowest BCUT2D eigenvalue weighted by Gasteiger charge is -1.98. The Morgan fingerprint density at radius 2 is 1.62 bits per heavy atom. The third kappa shape index (κ3) is 2.55. The van der Waals surface area contributed by atoms with E-state index in [-0.39, 0.29) is 0 Å². The first-order valence-electron chi connectivity index (χ1n) is 5.90. The van der Waals surface area contributed by atoms with Gasteiger partial charge in [0.2, 0.25) is 0 Å². The second-order valence-corrected chi connectivity index (χ2v) is 4.73. The minimum absolute atomic E-state index is 0.498. The van der Waals surface area contributed by atoms with Crippen molar-refractivity contribution in [1.82, 2.24) is 0 Å². The molecule has 0 unspecified atom stereocenters. The standard InChI is InChI=1S/C12H20O/c13-12-8-6-4-2-1-3-5-7-10-9-11(10)12/h10-11H,1-9H2/t10-,11+/m1/s1. The summed E-state index contributed by atoms with van der Waals surface area (Å²) in [6, 6.07) is 0. The average molecular weight is 180 g/mol. The lowest BCUT2D eigenvalue weighted by atomic mass is 10.1. The van der Waals surface area contributed by atoms with Crippen LogP contribution >= 0.6 is 0 Å². The van der Waals surface area contributed by atoms with Crippen molar-refractivity contribution in [3.05, 3.63) is 0 Å². The Kier molecular flexibility index (Phi) is 3.02. The highest BCUT2D eigenvalue weighted by Crippen LogP contribution is 2.44. The quantitative estimate of drug-likeness (QED) is 0.559. The lowest BCUT2D eigenvalue weighted by molar-refractivity contribution is -0.120. The molecule has 0 N–H and O–H groups in total. The molecule has 0 amide bonds. The van der Waals surface area contributed by atoms with Crippen molar-refractivity contribution < 1.29 is 4.79 Å². The number of hydrogen-bond donors (Lipinski definition) is 0. The smallest absolute Gasteiger partial charge is 0.136 e. The second-order valence-electron chi connectivity index (χ2n) is 4.73. The van der Waals surface area contributed by atoms with Crippen LogP contribution in [0.1, 0.15) is 57.8 Å². The first-order chi connectivity index (χ1) is 6.38. The van der Waals surface area contributed by atoms with Gasteiger partial charge in [-0.15, -0.1) is 0 Å². The number of fused-ring (bicyclic) bond motifs is 1. The molecule has 0 bridgehead atoms. The summed E-state index contributed by atoms with van der Waals surface area (Å²) in [5, 5.41) is 0. The predicted octanol–water partition coefficient (Wildman–Crippen LogP) is 3.33. The maximum atomic E-state index is 11.6. The minimum Gasteiger partial charge on any atom is -0.299 e. The van der Waals surface area contributed by atoms with Gasteiger partial charge >= 0.3 is 0 Å². The van der Waals surface area contributed by atoms with E-state index < -0.39 is 0 Å². The van der Waals surface area contributed by atoms with Crippen LogP contribution in [0.2, 0.25) is 0 Å². The van der Waals surface area contributed by atoms with Crippen LogP contribution < -0.4 is 0 Å². The molecule has 2 aliphatic carbocycles. The van der Waals surface area contributed by atoms with Gasteiger partial charge in [-0.1, -0.05) is 32.1 Å². The highest BCUT2D eigenvalue weighted by molar-refractivity contribution is 5.83. The molecule has 74 valence electrons. The van der Waals surface area contributed by atoms with Gasteiger partial charge in [-0.2, -0.15) is 0 Å². The molecule has 2 saturated carbocycles. The van der Waals surface area contributed by atoms with Crippen LogP contribution in [-0.4, -0.2) is 5.78 Å². The van der Waals surface area contributed by atoms with Gasteiger partial charge in [0.1, 0.15) is 5.78 Å². The first kappa shape index (κ1) is 9.23. The molecule has 0 radical (unpaired) electrons. The number of hydrogen-bond acceptors (Lipinski definition) is 1. The lowest BCUT2D eigenvalue weighted by Crippen LogP contribution is -2.01. The van der Waals surface area contributed by atoms with E-state index in [1.807, 2.05) is 0 Å². The maximum absolute atomic E-state index is 11.6. The summed E-state index contributed by atoms with van der Waals surface area (Å²) >= 11 is 0. The molecule has 2 atom stereocenters.